The third kappa shape index (κ3) is 4.59. The molecule has 2 aliphatic rings. The van der Waals surface area contributed by atoms with Gasteiger partial charge in [-0.2, -0.15) is 0 Å². The van der Waals surface area contributed by atoms with Crippen LogP contribution < -0.4 is 5.32 Å². The summed E-state index contributed by atoms with van der Waals surface area (Å²) in [5.41, 5.74) is 0. The van der Waals surface area contributed by atoms with E-state index in [9.17, 15) is 9.59 Å². The Morgan fingerprint density at radius 2 is 1.95 bits per heavy atom. The van der Waals surface area contributed by atoms with Gasteiger partial charge in [0.2, 0.25) is 0 Å². The molecule has 0 aromatic rings. The van der Waals surface area contributed by atoms with Gasteiger partial charge in [-0.3, -0.25) is 4.79 Å². The molecule has 0 bridgehead atoms. The Hall–Kier alpha value is -1.30. The third-order valence-corrected chi connectivity index (χ3v) is 4.75. The molecule has 2 amide bonds. The number of urea groups is 1. The summed E-state index contributed by atoms with van der Waals surface area (Å²) in [6.45, 7) is 2.47. The third-order valence-electron chi connectivity index (χ3n) is 4.75. The minimum absolute atomic E-state index is 0.124. The van der Waals surface area contributed by atoms with Gasteiger partial charge in [0.05, 0.1) is 5.92 Å². The summed E-state index contributed by atoms with van der Waals surface area (Å²) in [4.78, 5) is 27.0. The number of likely N-dealkylation sites (tertiary alicyclic amines) is 1. The molecule has 2 rings (SSSR count). The number of nitrogens with zero attached hydrogens (tertiary/aromatic N) is 2. The highest BCUT2D eigenvalue weighted by atomic mass is 16.4. The van der Waals surface area contributed by atoms with Crippen LogP contribution in [0.4, 0.5) is 4.79 Å². The van der Waals surface area contributed by atoms with E-state index in [0.717, 1.165) is 13.0 Å². The van der Waals surface area contributed by atoms with Crippen molar-refractivity contribution < 1.29 is 14.7 Å². The zero-order chi connectivity index (χ0) is 15.2. The van der Waals surface area contributed by atoms with Crippen LogP contribution in [0.25, 0.3) is 0 Å². The lowest BCUT2D eigenvalue weighted by Crippen LogP contribution is -2.48. The van der Waals surface area contributed by atoms with Crippen molar-refractivity contribution in [1.29, 1.82) is 0 Å². The number of hydrogen-bond donors (Lipinski definition) is 2. The van der Waals surface area contributed by atoms with Gasteiger partial charge in [0.1, 0.15) is 0 Å². The Morgan fingerprint density at radius 3 is 2.62 bits per heavy atom. The van der Waals surface area contributed by atoms with Crippen LogP contribution in [0.3, 0.4) is 0 Å². The number of carbonyl (C=O) groups is 2. The van der Waals surface area contributed by atoms with Crippen LogP contribution in [0.1, 0.15) is 38.5 Å². The monoisotopic (exact) mass is 297 g/mol. The van der Waals surface area contributed by atoms with E-state index in [1.54, 1.807) is 4.90 Å². The van der Waals surface area contributed by atoms with Crippen LogP contribution in [-0.4, -0.2) is 66.2 Å². The van der Waals surface area contributed by atoms with Gasteiger partial charge in [0, 0.05) is 32.2 Å². The summed E-state index contributed by atoms with van der Waals surface area (Å²) >= 11 is 0. The molecule has 0 radical (unpaired) electrons. The fourth-order valence-electron chi connectivity index (χ4n) is 3.34. The molecule has 6 nitrogen and oxygen atoms in total. The molecule has 1 saturated heterocycles. The highest BCUT2D eigenvalue weighted by Crippen LogP contribution is 2.21. The first kappa shape index (κ1) is 16.1. The molecular formula is C15H27N3O3. The average Bonchev–Trinajstić information content (AvgIpc) is 3.01. The van der Waals surface area contributed by atoms with Crippen LogP contribution in [0, 0.1) is 5.92 Å². The second kappa shape index (κ2) is 7.64. The van der Waals surface area contributed by atoms with E-state index in [2.05, 4.69) is 17.3 Å². The normalized spacial score (nSPS) is 23.5. The lowest BCUT2D eigenvalue weighted by atomic mass is 9.99. The first-order valence-corrected chi connectivity index (χ1v) is 8.03. The molecule has 0 spiro atoms. The van der Waals surface area contributed by atoms with Crippen molar-refractivity contribution in [3.8, 4) is 0 Å². The molecule has 21 heavy (non-hydrogen) atoms. The van der Waals surface area contributed by atoms with E-state index >= 15 is 0 Å². The Morgan fingerprint density at radius 1 is 1.24 bits per heavy atom. The van der Waals surface area contributed by atoms with Crippen molar-refractivity contribution in [3.05, 3.63) is 0 Å². The molecule has 120 valence electrons. The van der Waals surface area contributed by atoms with Crippen molar-refractivity contribution in [2.75, 3.05) is 33.2 Å². The van der Waals surface area contributed by atoms with E-state index in [4.69, 9.17) is 5.11 Å². The predicted octanol–water partition coefficient (Wildman–Crippen LogP) is 1.37. The smallest absolute Gasteiger partial charge is 0.317 e. The molecule has 2 fully saturated rings. The maximum atomic E-state index is 12.1. The lowest BCUT2D eigenvalue weighted by Gasteiger charge is -2.31. The summed E-state index contributed by atoms with van der Waals surface area (Å²) in [6, 6.07) is 0.536. The van der Waals surface area contributed by atoms with E-state index in [1.807, 2.05) is 0 Å². The van der Waals surface area contributed by atoms with Crippen LogP contribution in [0.2, 0.25) is 0 Å². The van der Waals surface area contributed by atoms with E-state index < -0.39 is 11.9 Å². The fraction of sp³-hybridized carbons (Fsp3) is 0.867. The molecule has 0 aromatic carbocycles. The molecule has 1 aliphatic carbocycles. The molecule has 1 saturated carbocycles. The standard InChI is InChI=1S/C15H27N3O3/c1-17(13-6-2-3-7-13)10-8-16-15(21)18-9-4-5-12(11-18)14(19)20/h12-13H,2-11H2,1H3,(H,16,21)(H,19,20)/t12-/m0/s1. The van der Waals surface area contributed by atoms with Gasteiger partial charge < -0.3 is 20.2 Å². The molecule has 0 aromatic heterocycles. The maximum absolute atomic E-state index is 12.1. The van der Waals surface area contributed by atoms with Gasteiger partial charge in [-0.15, -0.1) is 0 Å². The molecule has 1 heterocycles. The van der Waals surface area contributed by atoms with E-state index in [-0.39, 0.29) is 6.03 Å². The number of carboxylic acids is 1. The SMILES string of the molecule is CN(CCNC(=O)N1CCC[C@H](C(=O)O)C1)C1CCCC1. The topological polar surface area (TPSA) is 72.9 Å². The van der Waals surface area contributed by atoms with Crippen molar-refractivity contribution >= 4 is 12.0 Å². The van der Waals surface area contributed by atoms with Gasteiger partial charge in [-0.05, 0) is 32.7 Å². The summed E-state index contributed by atoms with van der Waals surface area (Å²) in [5, 5.41) is 12.0. The van der Waals surface area contributed by atoms with Gasteiger partial charge in [-0.1, -0.05) is 12.8 Å². The number of amides is 2. The second-order valence-electron chi connectivity index (χ2n) is 6.27. The van der Waals surface area contributed by atoms with Crippen molar-refractivity contribution in [1.82, 2.24) is 15.1 Å². The number of rotatable bonds is 5. The highest BCUT2D eigenvalue weighted by molar-refractivity contribution is 5.76. The lowest BCUT2D eigenvalue weighted by molar-refractivity contribution is -0.143. The minimum Gasteiger partial charge on any atom is -0.481 e. The van der Waals surface area contributed by atoms with Crippen LogP contribution in [0.15, 0.2) is 0 Å². The molecule has 1 atom stereocenters. The fourth-order valence-corrected chi connectivity index (χ4v) is 3.34. The molecule has 6 heteroatoms. The first-order chi connectivity index (χ1) is 10.1. The Kier molecular flexibility index (Phi) is 5.85. The maximum Gasteiger partial charge on any atom is 0.317 e. The van der Waals surface area contributed by atoms with E-state index in [1.165, 1.54) is 25.7 Å². The number of nitrogens with one attached hydrogen (secondary N) is 1. The number of likely N-dealkylation sites (N-methyl/N-ethyl adjacent to an activating group) is 1. The van der Waals surface area contributed by atoms with Crippen LogP contribution >= 0.6 is 0 Å². The van der Waals surface area contributed by atoms with E-state index in [0.29, 0.717) is 32.1 Å². The van der Waals surface area contributed by atoms with Crippen molar-refractivity contribution in [2.45, 2.75) is 44.6 Å². The molecule has 1 aliphatic heterocycles. The number of carbonyl (C=O) groups excluding carboxylic acids is 1. The molecule has 0 unspecified atom stereocenters. The van der Waals surface area contributed by atoms with Gasteiger partial charge in [0.15, 0.2) is 0 Å². The number of carboxylic acid groups (broad SMARTS) is 1. The zero-order valence-electron chi connectivity index (χ0n) is 12.9. The van der Waals surface area contributed by atoms with Gasteiger partial charge in [0.25, 0.3) is 0 Å². The van der Waals surface area contributed by atoms with Crippen molar-refractivity contribution in [2.24, 2.45) is 5.92 Å². The van der Waals surface area contributed by atoms with Crippen LogP contribution in [-0.2, 0) is 4.79 Å². The Bertz CT molecular complexity index is 369. The Balaban J connectivity index is 1.67. The summed E-state index contributed by atoms with van der Waals surface area (Å²) in [7, 11) is 2.11. The van der Waals surface area contributed by atoms with Crippen LogP contribution in [0.5, 0.6) is 0 Å². The van der Waals surface area contributed by atoms with Gasteiger partial charge >= 0.3 is 12.0 Å². The summed E-state index contributed by atoms with van der Waals surface area (Å²) < 4.78 is 0. The number of piperidine rings is 1. The quantitative estimate of drug-likeness (QED) is 0.804. The average molecular weight is 297 g/mol. The Labute approximate surface area is 126 Å². The molecule has 2 N–H and O–H groups in total. The predicted molar refractivity (Wildman–Crippen MR) is 80.2 cm³/mol. The minimum atomic E-state index is -0.798. The summed E-state index contributed by atoms with van der Waals surface area (Å²) in [6.07, 6.45) is 6.58. The number of aliphatic carboxylic acids is 1. The van der Waals surface area contributed by atoms with Gasteiger partial charge in [-0.25, -0.2) is 4.79 Å². The largest absolute Gasteiger partial charge is 0.481 e. The first-order valence-electron chi connectivity index (χ1n) is 8.03. The summed E-state index contributed by atoms with van der Waals surface area (Å²) in [5.74, 6) is -1.21. The second-order valence-corrected chi connectivity index (χ2v) is 6.27. The highest BCUT2D eigenvalue weighted by Gasteiger charge is 2.28. The van der Waals surface area contributed by atoms with Crippen molar-refractivity contribution in [3.63, 3.8) is 0 Å². The number of hydrogen-bond acceptors (Lipinski definition) is 3. The molecular weight excluding hydrogens is 270 g/mol. The zero-order valence-corrected chi connectivity index (χ0v) is 12.9.